The van der Waals surface area contributed by atoms with Gasteiger partial charge in [0.15, 0.2) is 0 Å². The summed E-state index contributed by atoms with van der Waals surface area (Å²) >= 11 is 0. The molecule has 0 bridgehead atoms. The molecule has 0 saturated carbocycles. The van der Waals surface area contributed by atoms with Crippen molar-refractivity contribution in [2.45, 2.75) is 12.5 Å². The summed E-state index contributed by atoms with van der Waals surface area (Å²) in [4.78, 5) is 20.8. The predicted molar refractivity (Wildman–Crippen MR) is 34.8 cm³/mol. The molecule has 5 heteroatoms. The van der Waals surface area contributed by atoms with Gasteiger partial charge in [-0.05, 0) is 0 Å². The average molecular weight is 157 g/mol. The first-order chi connectivity index (χ1) is 5.09. The quantitative estimate of drug-likeness (QED) is 0.528. The Morgan fingerprint density at radius 1 is 1.82 bits per heavy atom. The molecule has 1 aliphatic heterocycles. The lowest BCUT2D eigenvalue weighted by Gasteiger charge is -2.01. The fourth-order valence-electron chi connectivity index (χ4n) is 0.825. The Morgan fingerprint density at radius 3 is 2.82 bits per heavy atom. The molecule has 1 heterocycles. The molecule has 0 spiro atoms. The number of hydrogen-bond acceptors (Lipinski definition) is 3. The summed E-state index contributed by atoms with van der Waals surface area (Å²) in [6.07, 6.45) is -1.01. The number of cyclic esters (lactones) is 1. The molecule has 2 N–H and O–H groups in total. The summed E-state index contributed by atoms with van der Waals surface area (Å²) in [7, 11) is 0. The molecular formula is C6H7NO4. The van der Waals surface area contributed by atoms with E-state index in [-0.39, 0.29) is 6.42 Å². The number of nitrogens with one attached hydrogen (secondary N) is 1. The maximum Gasteiger partial charge on any atom is 0.405 e. The molecule has 1 saturated heterocycles. The van der Waals surface area contributed by atoms with Crippen LogP contribution in [0.25, 0.3) is 0 Å². The molecule has 0 aromatic rings. The van der Waals surface area contributed by atoms with E-state index in [1.807, 2.05) is 5.32 Å². The number of carbonyl (C=O) groups excluding carboxylic acids is 1. The van der Waals surface area contributed by atoms with E-state index in [0.717, 1.165) is 0 Å². The van der Waals surface area contributed by atoms with Crippen LogP contribution in [0.5, 0.6) is 0 Å². The van der Waals surface area contributed by atoms with Crippen molar-refractivity contribution in [3.05, 3.63) is 12.3 Å². The lowest BCUT2D eigenvalue weighted by Crippen LogP contribution is -2.36. The van der Waals surface area contributed by atoms with E-state index in [0.29, 0.717) is 5.76 Å². The second-order valence-corrected chi connectivity index (χ2v) is 2.17. The van der Waals surface area contributed by atoms with Crippen molar-refractivity contribution in [1.29, 1.82) is 0 Å². The minimum atomic E-state index is -1.23. The number of carboxylic acid groups (broad SMARTS) is 1. The van der Waals surface area contributed by atoms with Crippen molar-refractivity contribution in [3.63, 3.8) is 0 Å². The highest BCUT2D eigenvalue weighted by atomic mass is 16.5. The van der Waals surface area contributed by atoms with Crippen LogP contribution in [-0.2, 0) is 9.53 Å². The third-order valence-electron chi connectivity index (χ3n) is 1.26. The van der Waals surface area contributed by atoms with Gasteiger partial charge in [-0.1, -0.05) is 6.58 Å². The standard InChI is InChI=1S/C6H7NO4/c1-3-2-4(5(8)11-3)7-6(9)10/h4,7H,1-2H2,(H,9,10). The first-order valence-corrected chi connectivity index (χ1v) is 2.98. The first-order valence-electron chi connectivity index (χ1n) is 2.98. The summed E-state index contributed by atoms with van der Waals surface area (Å²) in [6.45, 7) is 3.39. The molecule has 1 aliphatic rings. The number of esters is 1. The summed E-state index contributed by atoms with van der Waals surface area (Å²) < 4.78 is 4.52. The third kappa shape index (κ3) is 1.70. The number of carbonyl (C=O) groups is 2. The van der Waals surface area contributed by atoms with Gasteiger partial charge >= 0.3 is 12.1 Å². The molecule has 0 aromatic carbocycles. The van der Waals surface area contributed by atoms with Gasteiger partial charge in [0.1, 0.15) is 11.8 Å². The van der Waals surface area contributed by atoms with E-state index in [4.69, 9.17) is 5.11 Å². The Hall–Kier alpha value is -1.52. The Kier molecular flexibility index (Phi) is 1.80. The van der Waals surface area contributed by atoms with Crippen LogP contribution in [-0.4, -0.2) is 23.2 Å². The van der Waals surface area contributed by atoms with E-state index >= 15 is 0 Å². The third-order valence-corrected chi connectivity index (χ3v) is 1.26. The Bertz CT molecular complexity index is 223. The highest BCUT2D eigenvalue weighted by molar-refractivity contribution is 5.83. The first kappa shape index (κ1) is 7.59. The van der Waals surface area contributed by atoms with Crippen LogP contribution >= 0.6 is 0 Å². The smallest absolute Gasteiger partial charge is 0.405 e. The van der Waals surface area contributed by atoms with Crippen molar-refractivity contribution < 1.29 is 19.4 Å². The van der Waals surface area contributed by atoms with E-state index in [1.54, 1.807) is 0 Å². The lowest BCUT2D eigenvalue weighted by molar-refractivity contribution is -0.137. The molecule has 60 valence electrons. The Balaban J connectivity index is 2.53. The second-order valence-electron chi connectivity index (χ2n) is 2.17. The van der Waals surface area contributed by atoms with Gasteiger partial charge in [-0.15, -0.1) is 0 Å². The molecule has 0 aliphatic carbocycles. The highest BCUT2D eigenvalue weighted by Crippen LogP contribution is 2.15. The fourth-order valence-corrected chi connectivity index (χ4v) is 0.825. The van der Waals surface area contributed by atoms with E-state index in [1.165, 1.54) is 0 Å². The monoisotopic (exact) mass is 157 g/mol. The molecule has 0 aromatic heterocycles. The molecule has 1 fully saturated rings. The molecular weight excluding hydrogens is 150 g/mol. The highest BCUT2D eigenvalue weighted by Gasteiger charge is 2.30. The van der Waals surface area contributed by atoms with E-state index in [9.17, 15) is 9.59 Å². The molecule has 1 amide bonds. The molecule has 0 radical (unpaired) electrons. The molecule has 1 atom stereocenters. The summed E-state index contributed by atoms with van der Waals surface area (Å²) in [6, 6.07) is -0.778. The zero-order chi connectivity index (χ0) is 8.43. The molecule has 1 rings (SSSR count). The number of hydrogen-bond donors (Lipinski definition) is 2. The Labute approximate surface area is 62.6 Å². The van der Waals surface area contributed by atoms with Gasteiger partial charge in [-0.2, -0.15) is 0 Å². The Morgan fingerprint density at radius 2 is 2.45 bits per heavy atom. The van der Waals surface area contributed by atoms with Gasteiger partial charge in [-0.25, -0.2) is 9.59 Å². The molecule has 5 nitrogen and oxygen atoms in total. The van der Waals surface area contributed by atoms with Crippen molar-refractivity contribution in [2.75, 3.05) is 0 Å². The number of ether oxygens (including phenoxy) is 1. The minimum absolute atomic E-state index is 0.227. The summed E-state index contributed by atoms with van der Waals surface area (Å²) in [5.41, 5.74) is 0. The fraction of sp³-hybridized carbons (Fsp3) is 0.333. The lowest BCUT2D eigenvalue weighted by atomic mass is 10.2. The van der Waals surface area contributed by atoms with E-state index in [2.05, 4.69) is 11.3 Å². The molecule has 11 heavy (non-hydrogen) atoms. The number of rotatable bonds is 1. The molecule has 1 unspecified atom stereocenters. The SMILES string of the molecule is C=C1CC(NC(=O)O)C(=O)O1. The minimum Gasteiger partial charge on any atom is -0.465 e. The number of amides is 1. The van der Waals surface area contributed by atoms with Gasteiger partial charge in [0.25, 0.3) is 0 Å². The van der Waals surface area contributed by atoms with Gasteiger partial charge in [0.2, 0.25) is 0 Å². The predicted octanol–water partition coefficient (Wildman–Crippen LogP) is 0.0832. The van der Waals surface area contributed by atoms with Crippen molar-refractivity contribution in [1.82, 2.24) is 5.32 Å². The van der Waals surface area contributed by atoms with Gasteiger partial charge in [0, 0.05) is 6.42 Å². The van der Waals surface area contributed by atoms with Crippen LogP contribution in [0.2, 0.25) is 0 Å². The average Bonchev–Trinajstić information content (AvgIpc) is 2.09. The summed E-state index contributed by atoms with van der Waals surface area (Å²) in [5.74, 6) is -0.286. The maximum absolute atomic E-state index is 10.7. The van der Waals surface area contributed by atoms with Crippen LogP contribution in [0.3, 0.4) is 0 Å². The maximum atomic E-state index is 10.7. The van der Waals surface area contributed by atoms with Crippen molar-refractivity contribution in [3.8, 4) is 0 Å². The van der Waals surface area contributed by atoms with E-state index < -0.39 is 18.1 Å². The largest absolute Gasteiger partial charge is 0.465 e. The topological polar surface area (TPSA) is 75.6 Å². The van der Waals surface area contributed by atoms with Crippen LogP contribution in [0.15, 0.2) is 12.3 Å². The van der Waals surface area contributed by atoms with Crippen molar-refractivity contribution in [2.24, 2.45) is 0 Å². The second kappa shape index (κ2) is 2.61. The van der Waals surface area contributed by atoms with Gasteiger partial charge in [-0.3, -0.25) is 0 Å². The van der Waals surface area contributed by atoms with Crippen molar-refractivity contribution >= 4 is 12.1 Å². The zero-order valence-electron chi connectivity index (χ0n) is 5.66. The van der Waals surface area contributed by atoms with Gasteiger partial charge < -0.3 is 15.2 Å². The van der Waals surface area contributed by atoms with Crippen LogP contribution in [0.4, 0.5) is 4.79 Å². The van der Waals surface area contributed by atoms with Gasteiger partial charge in [0.05, 0.1) is 0 Å². The van der Waals surface area contributed by atoms with Crippen LogP contribution < -0.4 is 5.32 Å². The zero-order valence-corrected chi connectivity index (χ0v) is 5.66. The summed E-state index contributed by atoms with van der Waals surface area (Å²) in [5, 5.41) is 10.2. The van der Waals surface area contributed by atoms with Crippen LogP contribution in [0.1, 0.15) is 6.42 Å². The van der Waals surface area contributed by atoms with Crippen LogP contribution in [0, 0.1) is 0 Å². The normalized spacial score (nSPS) is 23.1.